The van der Waals surface area contributed by atoms with Crippen molar-refractivity contribution in [3.63, 3.8) is 0 Å². The summed E-state index contributed by atoms with van der Waals surface area (Å²) >= 11 is 2.08. The molecule has 0 saturated heterocycles. The molecule has 19 heavy (non-hydrogen) atoms. The molecule has 1 nitrogen and oxygen atoms in total. The summed E-state index contributed by atoms with van der Waals surface area (Å²) in [5, 5.41) is 4.19. The molecule has 2 heteroatoms. The number of hydrogen-bond acceptors (Lipinski definition) is 2. The first kappa shape index (κ1) is 14.9. The molecule has 1 N–H and O–H groups in total. The van der Waals surface area contributed by atoms with Gasteiger partial charge in [0.2, 0.25) is 0 Å². The minimum atomic E-state index is 0.825. The van der Waals surface area contributed by atoms with Gasteiger partial charge in [-0.25, -0.2) is 0 Å². The molecule has 0 amide bonds. The number of benzene rings is 1. The van der Waals surface area contributed by atoms with Gasteiger partial charge in [0.05, 0.1) is 0 Å². The van der Waals surface area contributed by atoms with Crippen LogP contribution in [0.5, 0.6) is 0 Å². The fraction of sp³-hybridized carbons (Fsp3) is 0.647. The van der Waals surface area contributed by atoms with Crippen molar-refractivity contribution in [3.05, 3.63) is 29.8 Å². The quantitative estimate of drug-likeness (QED) is 0.836. The van der Waals surface area contributed by atoms with Crippen molar-refractivity contribution in [2.75, 3.05) is 6.54 Å². The Bertz CT molecular complexity index is 373. The third-order valence-corrected chi connectivity index (χ3v) is 5.66. The maximum Gasteiger partial charge on any atom is 0.0205 e. The Kier molecular flexibility index (Phi) is 5.77. The molecule has 0 aromatic heterocycles. The van der Waals surface area contributed by atoms with E-state index in [9.17, 15) is 0 Å². The minimum absolute atomic E-state index is 0.825. The van der Waals surface area contributed by atoms with E-state index >= 15 is 0 Å². The third-order valence-electron chi connectivity index (χ3n) is 4.36. The summed E-state index contributed by atoms with van der Waals surface area (Å²) in [4.78, 5) is 1.44. The first-order chi connectivity index (χ1) is 9.19. The van der Waals surface area contributed by atoms with Gasteiger partial charge in [0.15, 0.2) is 0 Å². The van der Waals surface area contributed by atoms with E-state index in [4.69, 9.17) is 0 Å². The lowest BCUT2D eigenvalue weighted by Crippen LogP contribution is -2.22. The molecule has 106 valence electrons. The molecule has 2 rings (SSSR count). The molecule has 1 aromatic carbocycles. The zero-order chi connectivity index (χ0) is 13.7. The van der Waals surface area contributed by atoms with Gasteiger partial charge in [-0.1, -0.05) is 32.9 Å². The molecule has 0 radical (unpaired) electrons. The molecular formula is C17H27NS. The molecule has 1 aromatic rings. The predicted molar refractivity (Wildman–Crippen MR) is 85.6 cm³/mol. The van der Waals surface area contributed by atoms with Crippen LogP contribution in [0.15, 0.2) is 29.2 Å². The van der Waals surface area contributed by atoms with E-state index in [1.54, 1.807) is 0 Å². The molecule has 1 fully saturated rings. The zero-order valence-corrected chi connectivity index (χ0v) is 13.3. The Balaban J connectivity index is 1.85. The molecule has 1 aliphatic rings. The van der Waals surface area contributed by atoms with Crippen LogP contribution in [0.2, 0.25) is 0 Å². The molecular weight excluding hydrogens is 250 g/mol. The highest BCUT2D eigenvalue weighted by Gasteiger charge is 2.24. The summed E-state index contributed by atoms with van der Waals surface area (Å²) in [6.07, 6.45) is 4.16. The first-order valence-corrected chi connectivity index (χ1v) is 8.53. The summed E-state index contributed by atoms with van der Waals surface area (Å²) < 4.78 is 0. The fourth-order valence-corrected chi connectivity index (χ4v) is 4.08. The predicted octanol–water partition coefficient (Wildman–Crippen LogP) is 4.71. The second kappa shape index (κ2) is 7.35. The van der Waals surface area contributed by atoms with Gasteiger partial charge in [-0.2, -0.15) is 0 Å². The fourth-order valence-electron chi connectivity index (χ4n) is 2.75. The molecule has 3 atom stereocenters. The molecule has 1 saturated carbocycles. The van der Waals surface area contributed by atoms with Crippen LogP contribution < -0.4 is 5.32 Å². The van der Waals surface area contributed by atoms with Gasteiger partial charge in [-0.05, 0) is 55.3 Å². The average Bonchev–Trinajstić information content (AvgIpc) is 2.42. The van der Waals surface area contributed by atoms with Crippen molar-refractivity contribution < 1.29 is 0 Å². The summed E-state index contributed by atoms with van der Waals surface area (Å²) in [7, 11) is 0. The van der Waals surface area contributed by atoms with Crippen molar-refractivity contribution >= 4 is 11.8 Å². The Morgan fingerprint density at radius 3 is 2.47 bits per heavy atom. The van der Waals surface area contributed by atoms with Crippen molar-refractivity contribution in [2.24, 2.45) is 11.8 Å². The normalized spacial score (nSPS) is 27.4. The molecule has 0 bridgehead atoms. The van der Waals surface area contributed by atoms with E-state index < -0.39 is 0 Å². The molecule has 1 aliphatic carbocycles. The van der Waals surface area contributed by atoms with Gasteiger partial charge >= 0.3 is 0 Å². The topological polar surface area (TPSA) is 12.0 Å². The van der Waals surface area contributed by atoms with Crippen molar-refractivity contribution in [1.82, 2.24) is 5.32 Å². The lowest BCUT2D eigenvalue weighted by atomic mass is 9.81. The standard InChI is InChI=1S/C17H27NS/c1-4-18-12-15-6-9-16(10-7-15)19-17-8-5-13(2)14(3)11-17/h6-7,9-10,13-14,17-18H,4-5,8,11-12H2,1-3H3. The second-order valence-corrected chi connectivity index (χ2v) is 7.31. The van der Waals surface area contributed by atoms with E-state index in [0.717, 1.165) is 30.2 Å². The SMILES string of the molecule is CCNCc1ccc(SC2CCC(C)C(C)C2)cc1. The monoisotopic (exact) mass is 277 g/mol. The van der Waals surface area contributed by atoms with E-state index in [1.165, 1.54) is 29.7 Å². The molecule has 0 aliphatic heterocycles. The highest BCUT2D eigenvalue weighted by molar-refractivity contribution is 8.00. The van der Waals surface area contributed by atoms with Crippen LogP contribution >= 0.6 is 11.8 Å². The molecule has 3 unspecified atom stereocenters. The van der Waals surface area contributed by atoms with Crippen LogP contribution in [-0.2, 0) is 6.54 Å². The Morgan fingerprint density at radius 1 is 1.11 bits per heavy atom. The number of thioether (sulfide) groups is 1. The third kappa shape index (κ3) is 4.54. The second-order valence-electron chi connectivity index (χ2n) is 5.93. The van der Waals surface area contributed by atoms with E-state index in [-0.39, 0.29) is 0 Å². The summed E-state index contributed by atoms with van der Waals surface area (Å²) in [5.41, 5.74) is 1.39. The van der Waals surface area contributed by atoms with E-state index in [1.807, 2.05) is 0 Å². The van der Waals surface area contributed by atoms with Crippen molar-refractivity contribution in [2.45, 2.75) is 56.7 Å². The van der Waals surface area contributed by atoms with Gasteiger partial charge in [-0.15, -0.1) is 11.8 Å². The summed E-state index contributed by atoms with van der Waals surface area (Å²) in [6, 6.07) is 9.11. The van der Waals surface area contributed by atoms with Gasteiger partial charge in [0.1, 0.15) is 0 Å². The number of hydrogen-bond donors (Lipinski definition) is 1. The van der Waals surface area contributed by atoms with Crippen molar-refractivity contribution in [3.8, 4) is 0 Å². The van der Waals surface area contributed by atoms with Gasteiger partial charge < -0.3 is 5.32 Å². The first-order valence-electron chi connectivity index (χ1n) is 7.65. The van der Waals surface area contributed by atoms with E-state index in [2.05, 4.69) is 62.1 Å². The highest BCUT2D eigenvalue weighted by Crippen LogP contribution is 2.38. The van der Waals surface area contributed by atoms with Crippen molar-refractivity contribution in [1.29, 1.82) is 0 Å². The molecule has 0 spiro atoms. The average molecular weight is 277 g/mol. The van der Waals surface area contributed by atoms with Crippen LogP contribution in [0.1, 0.15) is 45.6 Å². The van der Waals surface area contributed by atoms with Crippen LogP contribution in [0, 0.1) is 11.8 Å². The zero-order valence-electron chi connectivity index (χ0n) is 12.5. The Hall–Kier alpha value is -0.470. The van der Waals surface area contributed by atoms with Gasteiger partial charge in [0.25, 0.3) is 0 Å². The van der Waals surface area contributed by atoms with Crippen LogP contribution in [0.3, 0.4) is 0 Å². The van der Waals surface area contributed by atoms with Crippen LogP contribution in [0.25, 0.3) is 0 Å². The maximum absolute atomic E-state index is 3.37. The lowest BCUT2D eigenvalue weighted by molar-refractivity contribution is 0.283. The smallest absolute Gasteiger partial charge is 0.0205 e. The summed E-state index contributed by atoms with van der Waals surface area (Å²) in [6.45, 7) is 8.99. The highest BCUT2D eigenvalue weighted by atomic mass is 32.2. The number of rotatable bonds is 5. The van der Waals surface area contributed by atoms with E-state index in [0.29, 0.717) is 0 Å². The Morgan fingerprint density at radius 2 is 1.84 bits per heavy atom. The number of nitrogens with one attached hydrogen (secondary N) is 1. The maximum atomic E-state index is 3.37. The Labute approximate surface area is 122 Å². The lowest BCUT2D eigenvalue weighted by Gasteiger charge is -2.31. The van der Waals surface area contributed by atoms with Gasteiger partial charge in [-0.3, -0.25) is 0 Å². The van der Waals surface area contributed by atoms with Crippen LogP contribution in [-0.4, -0.2) is 11.8 Å². The molecule has 0 heterocycles. The largest absolute Gasteiger partial charge is 0.313 e. The van der Waals surface area contributed by atoms with Crippen LogP contribution in [0.4, 0.5) is 0 Å². The summed E-state index contributed by atoms with van der Waals surface area (Å²) in [5.74, 6) is 1.80. The minimum Gasteiger partial charge on any atom is -0.313 e. The van der Waals surface area contributed by atoms with Gasteiger partial charge in [0, 0.05) is 16.7 Å².